The molecule has 0 unspecified atom stereocenters. The van der Waals surface area contributed by atoms with E-state index in [1.807, 2.05) is 0 Å². The monoisotopic (exact) mass is 302 g/mol. The summed E-state index contributed by atoms with van der Waals surface area (Å²) in [6.45, 7) is 6.77. The van der Waals surface area contributed by atoms with Crippen molar-refractivity contribution < 1.29 is 23.8 Å². The summed E-state index contributed by atoms with van der Waals surface area (Å²) < 4.78 is 23.2. The highest BCUT2D eigenvalue weighted by Gasteiger charge is 2.41. The molecule has 0 aliphatic rings. The first-order chi connectivity index (χ1) is 9.26. The van der Waals surface area contributed by atoms with E-state index in [9.17, 15) is 14.8 Å². The van der Waals surface area contributed by atoms with Crippen LogP contribution in [0.1, 0.15) is 39.4 Å². The van der Waals surface area contributed by atoms with Gasteiger partial charge in [-0.15, -0.1) is 0 Å². The summed E-state index contributed by atoms with van der Waals surface area (Å²) in [6.07, 6.45) is -2.12. The predicted molar refractivity (Wildman–Crippen MR) is 77.5 cm³/mol. The van der Waals surface area contributed by atoms with Gasteiger partial charge in [0.1, 0.15) is 6.10 Å². The molecule has 20 heavy (non-hydrogen) atoms. The maximum Gasteiger partial charge on any atom is 0.362 e. The number of hydrogen-bond donors (Lipinski definition) is 2. The Balaban J connectivity index is 2.98. The molecular weight excluding hydrogens is 279 g/mol. The molecule has 0 fully saturated rings. The molecule has 0 aromatic heterocycles. The zero-order valence-electron chi connectivity index (χ0n) is 12.3. The Morgan fingerprint density at radius 2 is 1.40 bits per heavy atom. The molecule has 6 heteroatoms. The summed E-state index contributed by atoms with van der Waals surface area (Å²) in [5, 5.41) is 20.4. The summed E-state index contributed by atoms with van der Waals surface area (Å²) in [5.41, 5.74) is 0.458. The Morgan fingerprint density at radius 1 is 0.950 bits per heavy atom. The van der Waals surface area contributed by atoms with Crippen LogP contribution in [0.4, 0.5) is 0 Å². The lowest BCUT2D eigenvalue weighted by atomic mass is 10.1. The zero-order valence-corrected chi connectivity index (χ0v) is 13.2. The lowest BCUT2D eigenvalue weighted by Gasteiger charge is -2.29. The highest BCUT2D eigenvalue weighted by molar-refractivity contribution is 7.54. The van der Waals surface area contributed by atoms with Crippen LogP contribution < -0.4 is 0 Å². The van der Waals surface area contributed by atoms with Gasteiger partial charge in [0.15, 0.2) is 5.85 Å². The Bertz CT molecular complexity index is 432. The van der Waals surface area contributed by atoms with Crippen LogP contribution >= 0.6 is 7.60 Å². The van der Waals surface area contributed by atoms with Crippen LogP contribution in [0.5, 0.6) is 0 Å². The third-order valence-electron chi connectivity index (χ3n) is 2.46. The van der Waals surface area contributed by atoms with Crippen molar-refractivity contribution in [3.8, 4) is 0 Å². The van der Waals surface area contributed by atoms with Gasteiger partial charge in [0.05, 0.1) is 12.2 Å². The molecule has 0 heterocycles. The van der Waals surface area contributed by atoms with Gasteiger partial charge in [0, 0.05) is 0 Å². The van der Waals surface area contributed by atoms with E-state index in [-0.39, 0.29) is 0 Å². The molecule has 0 spiro atoms. The molecule has 1 rings (SSSR count). The van der Waals surface area contributed by atoms with Crippen molar-refractivity contribution in [1.29, 1.82) is 0 Å². The average molecular weight is 302 g/mol. The summed E-state index contributed by atoms with van der Waals surface area (Å²) in [7, 11) is -3.84. The van der Waals surface area contributed by atoms with E-state index in [2.05, 4.69) is 0 Å². The Hall–Kier alpha value is -0.710. The van der Waals surface area contributed by atoms with Crippen molar-refractivity contribution in [3.05, 3.63) is 35.9 Å². The summed E-state index contributed by atoms with van der Waals surface area (Å²) in [6, 6.07) is 8.52. The smallest absolute Gasteiger partial charge is 0.362 e. The first-order valence-corrected chi connectivity index (χ1v) is 8.25. The maximum atomic E-state index is 12.7. The van der Waals surface area contributed by atoms with Crippen LogP contribution in [0, 0.1) is 0 Å². The van der Waals surface area contributed by atoms with Crippen molar-refractivity contribution in [3.63, 3.8) is 0 Å². The predicted octanol–water partition coefficient (Wildman–Crippen LogP) is 3.08. The van der Waals surface area contributed by atoms with Crippen LogP contribution in [-0.4, -0.2) is 28.3 Å². The van der Waals surface area contributed by atoms with Crippen molar-refractivity contribution in [2.75, 3.05) is 0 Å². The molecule has 0 radical (unpaired) electrons. The molecule has 2 N–H and O–H groups in total. The molecule has 0 aliphatic heterocycles. The van der Waals surface area contributed by atoms with Gasteiger partial charge in [0.2, 0.25) is 0 Å². The second kappa shape index (κ2) is 7.34. The average Bonchev–Trinajstić information content (AvgIpc) is 2.36. The standard InChI is InChI=1S/C14H23O5P/c1-10(2)18-20(17,19-11(3)4)14(16)13(15)12-8-6-5-7-9-12/h5-11,13-16H,1-4H3/t13-,14+/m0/s1. The first-order valence-electron chi connectivity index (χ1n) is 6.64. The topological polar surface area (TPSA) is 76.0 Å². The van der Waals surface area contributed by atoms with Crippen molar-refractivity contribution >= 4 is 7.60 Å². The summed E-state index contributed by atoms with van der Waals surface area (Å²) >= 11 is 0. The Kier molecular flexibility index (Phi) is 6.37. The van der Waals surface area contributed by atoms with E-state index in [0.29, 0.717) is 5.56 Å². The van der Waals surface area contributed by atoms with Crippen LogP contribution in [-0.2, 0) is 13.6 Å². The lowest BCUT2D eigenvalue weighted by molar-refractivity contribution is 0.0277. The SMILES string of the molecule is CC(C)OP(=O)(OC(C)C)[C@@H](O)[C@@H](O)c1ccccc1. The number of aliphatic hydroxyl groups is 2. The molecule has 0 aliphatic carbocycles. The van der Waals surface area contributed by atoms with E-state index >= 15 is 0 Å². The minimum absolute atomic E-state index is 0.391. The highest BCUT2D eigenvalue weighted by atomic mass is 31.2. The summed E-state index contributed by atoms with van der Waals surface area (Å²) in [5.74, 6) is -1.63. The van der Waals surface area contributed by atoms with Gasteiger partial charge in [-0.2, -0.15) is 0 Å². The Morgan fingerprint density at radius 3 is 1.80 bits per heavy atom. The van der Waals surface area contributed by atoms with Crippen LogP contribution in [0.3, 0.4) is 0 Å². The number of benzene rings is 1. The van der Waals surface area contributed by atoms with Gasteiger partial charge < -0.3 is 19.3 Å². The lowest BCUT2D eigenvalue weighted by Crippen LogP contribution is -2.24. The van der Waals surface area contributed by atoms with Gasteiger partial charge in [-0.3, -0.25) is 4.57 Å². The van der Waals surface area contributed by atoms with Crippen molar-refractivity contribution in [1.82, 2.24) is 0 Å². The van der Waals surface area contributed by atoms with E-state index in [1.165, 1.54) is 0 Å². The molecule has 0 bridgehead atoms. The third-order valence-corrected chi connectivity index (χ3v) is 4.82. The normalized spacial score (nSPS) is 15.6. The Labute approximate surface area is 120 Å². The van der Waals surface area contributed by atoms with Crippen molar-refractivity contribution in [2.24, 2.45) is 0 Å². The van der Waals surface area contributed by atoms with Gasteiger partial charge >= 0.3 is 7.60 Å². The molecule has 0 saturated heterocycles. The molecule has 1 aromatic rings. The van der Waals surface area contributed by atoms with Gasteiger partial charge in [-0.25, -0.2) is 0 Å². The fourth-order valence-electron chi connectivity index (χ4n) is 1.73. The molecule has 5 nitrogen and oxygen atoms in total. The van der Waals surface area contributed by atoms with Crippen LogP contribution in [0.25, 0.3) is 0 Å². The zero-order chi connectivity index (χ0) is 15.3. The maximum absolute atomic E-state index is 12.7. The second-order valence-corrected chi connectivity index (χ2v) is 7.15. The fourth-order valence-corrected chi connectivity index (χ4v) is 3.73. The summed E-state index contributed by atoms with van der Waals surface area (Å²) in [4.78, 5) is 0. The van der Waals surface area contributed by atoms with E-state index in [4.69, 9.17) is 9.05 Å². The molecule has 114 valence electrons. The second-order valence-electron chi connectivity index (χ2n) is 5.12. The first kappa shape index (κ1) is 17.3. The van der Waals surface area contributed by atoms with E-state index in [0.717, 1.165) is 0 Å². The minimum atomic E-state index is -3.84. The van der Waals surface area contributed by atoms with Crippen molar-refractivity contribution in [2.45, 2.75) is 51.9 Å². The minimum Gasteiger partial charge on any atom is -0.385 e. The highest BCUT2D eigenvalue weighted by Crippen LogP contribution is 2.57. The van der Waals surface area contributed by atoms with Gasteiger partial charge in [-0.05, 0) is 33.3 Å². The van der Waals surface area contributed by atoms with Crippen LogP contribution in [0.2, 0.25) is 0 Å². The number of rotatable bonds is 7. The molecule has 0 amide bonds. The fraction of sp³-hybridized carbons (Fsp3) is 0.571. The largest absolute Gasteiger partial charge is 0.385 e. The number of aliphatic hydroxyl groups excluding tert-OH is 2. The molecule has 2 atom stereocenters. The van der Waals surface area contributed by atoms with Crippen LogP contribution in [0.15, 0.2) is 30.3 Å². The molecule has 0 saturated carbocycles. The number of hydrogen-bond acceptors (Lipinski definition) is 5. The third kappa shape index (κ3) is 4.69. The van der Waals surface area contributed by atoms with E-state index in [1.54, 1.807) is 58.0 Å². The van der Waals surface area contributed by atoms with E-state index < -0.39 is 31.8 Å². The molecular formula is C14H23O5P. The van der Waals surface area contributed by atoms with Gasteiger partial charge in [0.25, 0.3) is 0 Å². The van der Waals surface area contributed by atoms with Gasteiger partial charge in [-0.1, -0.05) is 30.3 Å². The molecule has 1 aromatic carbocycles. The quantitative estimate of drug-likeness (QED) is 0.757.